The monoisotopic (exact) mass is 377 g/mol. The first-order chi connectivity index (χ1) is 12.3. The maximum Gasteiger partial charge on any atom is 0.337 e. The van der Waals surface area contributed by atoms with Crippen molar-refractivity contribution in [3.63, 3.8) is 0 Å². The first-order valence-corrected chi connectivity index (χ1v) is 9.71. The molecule has 0 aliphatic rings. The summed E-state index contributed by atoms with van der Waals surface area (Å²) < 4.78 is 38.3. The predicted octanol–water partition coefficient (Wildman–Crippen LogP) is 3.22. The van der Waals surface area contributed by atoms with Crippen LogP contribution in [-0.2, 0) is 14.8 Å². The first-order valence-electron chi connectivity index (χ1n) is 8.22. The molecule has 0 radical (unpaired) electrons. The van der Waals surface area contributed by atoms with Crippen LogP contribution in [-0.4, -0.2) is 28.1 Å². The van der Waals surface area contributed by atoms with Gasteiger partial charge in [0.25, 0.3) is 0 Å². The fourth-order valence-electron chi connectivity index (χ4n) is 2.60. The van der Waals surface area contributed by atoms with Crippen molar-refractivity contribution in [1.82, 2.24) is 4.72 Å². The largest absolute Gasteiger partial charge is 0.494 e. The highest BCUT2D eigenvalue weighted by Crippen LogP contribution is 2.23. The molecule has 140 valence electrons. The maximum atomic E-state index is 12.7. The topological polar surface area (TPSA) is 81.7 Å². The van der Waals surface area contributed by atoms with E-state index in [9.17, 15) is 13.2 Å². The molecule has 1 N–H and O–H groups in total. The van der Waals surface area contributed by atoms with Gasteiger partial charge < -0.3 is 9.47 Å². The standard InChI is InChI=1S/C19H23NO5S/c1-5-25-17-8-6-7-15(12-17)14(3)20-26(22,23)18-10-9-16(11-13(18)2)19(21)24-4/h6-12,14,20H,5H2,1-4H3. The molecule has 0 aliphatic carbocycles. The lowest BCUT2D eigenvalue weighted by atomic mass is 10.1. The maximum absolute atomic E-state index is 12.7. The number of hydrogen-bond acceptors (Lipinski definition) is 5. The van der Waals surface area contributed by atoms with Gasteiger partial charge in [-0.15, -0.1) is 0 Å². The molecule has 6 nitrogen and oxygen atoms in total. The lowest BCUT2D eigenvalue weighted by Gasteiger charge is -2.17. The second-order valence-corrected chi connectivity index (χ2v) is 7.50. The Kier molecular flexibility index (Phi) is 6.39. The van der Waals surface area contributed by atoms with Crippen LogP contribution in [0.4, 0.5) is 0 Å². The molecule has 0 bridgehead atoms. The number of carbonyl (C=O) groups is 1. The highest BCUT2D eigenvalue weighted by atomic mass is 32.2. The molecule has 0 saturated heterocycles. The molecule has 0 saturated carbocycles. The van der Waals surface area contributed by atoms with Crippen molar-refractivity contribution in [3.8, 4) is 5.75 Å². The summed E-state index contributed by atoms with van der Waals surface area (Å²) in [4.78, 5) is 11.7. The van der Waals surface area contributed by atoms with Gasteiger partial charge in [-0.25, -0.2) is 17.9 Å². The molecule has 0 fully saturated rings. The van der Waals surface area contributed by atoms with E-state index in [2.05, 4.69) is 9.46 Å². The molecule has 7 heteroatoms. The zero-order valence-corrected chi connectivity index (χ0v) is 16.1. The lowest BCUT2D eigenvalue weighted by molar-refractivity contribution is 0.0600. The molecule has 0 amide bonds. The van der Waals surface area contributed by atoms with E-state index in [4.69, 9.17) is 4.74 Å². The van der Waals surface area contributed by atoms with E-state index in [1.807, 2.05) is 31.2 Å². The number of sulfonamides is 1. The van der Waals surface area contributed by atoms with Crippen molar-refractivity contribution in [3.05, 3.63) is 59.2 Å². The summed E-state index contributed by atoms with van der Waals surface area (Å²) in [6.45, 7) is 5.83. The van der Waals surface area contributed by atoms with Crippen LogP contribution in [0.1, 0.15) is 41.4 Å². The Labute approximate surface area is 154 Å². The van der Waals surface area contributed by atoms with Crippen LogP contribution in [0.15, 0.2) is 47.4 Å². The van der Waals surface area contributed by atoms with Crippen LogP contribution >= 0.6 is 0 Å². The number of ether oxygens (including phenoxy) is 2. The average Bonchev–Trinajstić information content (AvgIpc) is 2.60. The third-order valence-electron chi connectivity index (χ3n) is 3.89. The highest BCUT2D eigenvalue weighted by Gasteiger charge is 2.21. The Balaban J connectivity index is 2.25. The van der Waals surface area contributed by atoms with Crippen molar-refractivity contribution in [1.29, 1.82) is 0 Å². The summed E-state index contributed by atoms with van der Waals surface area (Å²) in [5.74, 6) is 0.181. The number of esters is 1. The fraction of sp³-hybridized carbons (Fsp3) is 0.316. The van der Waals surface area contributed by atoms with Crippen molar-refractivity contribution < 1.29 is 22.7 Å². The van der Waals surface area contributed by atoms with Gasteiger partial charge in [0.05, 0.1) is 24.2 Å². The number of benzene rings is 2. The van der Waals surface area contributed by atoms with E-state index >= 15 is 0 Å². The Morgan fingerprint density at radius 2 is 1.92 bits per heavy atom. The van der Waals surface area contributed by atoms with Gasteiger partial charge in [-0.1, -0.05) is 12.1 Å². The number of nitrogens with one attached hydrogen (secondary N) is 1. The van der Waals surface area contributed by atoms with E-state index in [1.165, 1.54) is 25.3 Å². The summed E-state index contributed by atoms with van der Waals surface area (Å²) in [5, 5.41) is 0. The van der Waals surface area contributed by atoms with E-state index in [1.54, 1.807) is 13.8 Å². The smallest absolute Gasteiger partial charge is 0.337 e. The van der Waals surface area contributed by atoms with Crippen molar-refractivity contribution >= 4 is 16.0 Å². The van der Waals surface area contributed by atoms with Crippen LogP contribution in [0.5, 0.6) is 5.75 Å². The van der Waals surface area contributed by atoms with Gasteiger partial charge in [0.15, 0.2) is 0 Å². The van der Waals surface area contributed by atoms with Crippen molar-refractivity contribution in [2.45, 2.75) is 31.7 Å². The summed E-state index contributed by atoms with van der Waals surface area (Å²) in [6, 6.07) is 11.2. The summed E-state index contributed by atoms with van der Waals surface area (Å²) in [6.07, 6.45) is 0. The van der Waals surface area contributed by atoms with E-state index in [0.717, 1.165) is 5.56 Å². The van der Waals surface area contributed by atoms with E-state index < -0.39 is 22.0 Å². The molecule has 0 aliphatic heterocycles. The second kappa shape index (κ2) is 8.33. The molecular formula is C19H23NO5S. The summed E-state index contributed by atoms with van der Waals surface area (Å²) in [7, 11) is -2.48. The molecule has 1 atom stereocenters. The number of methoxy groups -OCH3 is 1. The van der Waals surface area contributed by atoms with Gasteiger partial charge >= 0.3 is 5.97 Å². The highest BCUT2D eigenvalue weighted by molar-refractivity contribution is 7.89. The minimum absolute atomic E-state index is 0.123. The van der Waals surface area contributed by atoms with Gasteiger partial charge in [0, 0.05) is 6.04 Å². The number of rotatable bonds is 7. The minimum Gasteiger partial charge on any atom is -0.494 e. The van der Waals surface area contributed by atoms with Crippen molar-refractivity contribution in [2.75, 3.05) is 13.7 Å². The Morgan fingerprint density at radius 1 is 1.19 bits per heavy atom. The molecule has 0 heterocycles. The third kappa shape index (κ3) is 4.62. The Morgan fingerprint density at radius 3 is 2.54 bits per heavy atom. The third-order valence-corrected chi connectivity index (χ3v) is 5.59. The molecule has 2 aromatic rings. The van der Waals surface area contributed by atoms with E-state index in [0.29, 0.717) is 23.5 Å². The zero-order chi connectivity index (χ0) is 19.3. The SMILES string of the molecule is CCOc1cccc(C(C)NS(=O)(=O)c2ccc(C(=O)OC)cc2C)c1. The molecule has 2 aromatic carbocycles. The zero-order valence-electron chi connectivity index (χ0n) is 15.3. The van der Waals surface area contributed by atoms with Gasteiger partial charge in [0.1, 0.15) is 5.75 Å². The number of aryl methyl sites for hydroxylation is 1. The van der Waals surface area contributed by atoms with Crippen molar-refractivity contribution in [2.24, 2.45) is 0 Å². The minimum atomic E-state index is -3.76. The normalized spacial score (nSPS) is 12.5. The quantitative estimate of drug-likeness (QED) is 0.749. The van der Waals surface area contributed by atoms with Crippen LogP contribution in [0, 0.1) is 6.92 Å². The number of hydrogen-bond donors (Lipinski definition) is 1. The Bertz CT molecular complexity index is 893. The van der Waals surface area contributed by atoms with Crippen LogP contribution in [0.2, 0.25) is 0 Å². The number of carbonyl (C=O) groups excluding carboxylic acids is 1. The lowest BCUT2D eigenvalue weighted by Crippen LogP contribution is -2.27. The first kappa shape index (κ1) is 19.9. The second-order valence-electron chi connectivity index (χ2n) is 5.82. The predicted molar refractivity (Wildman–Crippen MR) is 98.9 cm³/mol. The Hall–Kier alpha value is -2.38. The van der Waals surface area contributed by atoms with E-state index in [-0.39, 0.29) is 4.90 Å². The molecule has 0 spiro atoms. The van der Waals surface area contributed by atoms with Gasteiger partial charge in [-0.05, 0) is 62.2 Å². The van der Waals surface area contributed by atoms with Crippen LogP contribution in [0.3, 0.4) is 0 Å². The fourth-order valence-corrected chi connectivity index (χ4v) is 4.06. The van der Waals surface area contributed by atoms with Gasteiger partial charge in [-0.3, -0.25) is 0 Å². The molecule has 26 heavy (non-hydrogen) atoms. The summed E-state index contributed by atoms with van der Waals surface area (Å²) >= 11 is 0. The average molecular weight is 377 g/mol. The summed E-state index contributed by atoms with van der Waals surface area (Å²) in [5.41, 5.74) is 1.57. The van der Waals surface area contributed by atoms with Gasteiger partial charge in [0.2, 0.25) is 10.0 Å². The van der Waals surface area contributed by atoms with Gasteiger partial charge in [-0.2, -0.15) is 0 Å². The van der Waals surface area contributed by atoms with Crippen LogP contribution in [0.25, 0.3) is 0 Å². The molecule has 0 aromatic heterocycles. The molecule has 2 rings (SSSR count). The molecule has 1 unspecified atom stereocenters. The van der Waals surface area contributed by atoms with Crippen LogP contribution < -0.4 is 9.46 Å². The molecular weight excluding hydrogens is 354 g/mol.